The van der Waals surface area contributed by atoms with Crippen molar-refractivity contribution in [2.75, 3.05) is 31.3 Å². The lowest BCUT2D eigenvalue weighted by atomic mass is 10.4. The first-order valence-corrected chi connectivity index (χ1v) is 10.1. The molecule has 0 radical (unpaired) electrons. The molecule has 0 aromatic heterocycles. The van der Waals surface area contributed by atoms with E-state index in [0.29, 0.717) is 6.42 Å². The zero-order chi connectivity index (χ0) is 17.9. The fraction of sp³-hybridized carbons (Fsp3) is 0.833. The molecule has 0 unspecified atom stereocenters. The van der Waals surface area contributed by atoms with Crippen LogP contribution in [0.1, 0.15) is 33.1 Å². The quantitative estimate of drug-likeness (QED) is 0.248. The highest BCUT2D eigenvalue weighted by Gasteiger charge is 2.17. The van der Waals surface area contributed by atoms with Gasteiger partial charge in [0.2, 0.25) is 0 Å². The number of Topliss-reactive ketones (excluding diaryl/α,β-unsaturated/α-hetero) is 1. The molecule has 23 heavy (non-hydrogen) atoms. The maximum Gasteiger partial charge on any atom is 0.333 e. The number of rotatable bonds is 13. The van der Waals surface area contributed by atoms with Gasteiger partial charge in [0.15, 0.2) is 12.4 Å². The van der Waals surface area contributed by atoms with Crippen molar-refractivity contribution in [1.29, 1.82) is 0 Å². The summed E-state index contributed by atoms with van der Waals surface area (Å²) in [6, 6.07) is 0. The number of hydrogen-bond acceptors (Lipinski definition) is 9. The summed E-state index contributed by atoms with van der Waals surface area (Å²) in [4.78, 5) is 21.7. The predicted molar refractivity (Wildman–Crippen MR) is 80.6 cm³/mol. The lowest BCUT2D eigenvalue weighted by molar-refractivity contribution is -0.145. The normalized spacial score (nSPS) is 12.1. The molecular weight excluding hydrogens is 352 g/mol. The lowest BCUT2D eigenvalue weighted by Gasteiger charge is -2.06. The van der Waals surface area contributed by atoms with E-state index in [1.807, 2.05) is 0 Å². The third-order valence-electron chi connectivity index (χ3n) is 2.30. The van der Waals surface area contributed by atoms with Crippen molar-refractivity contribution in [2.24, 2.45) is 0 Å². The fourth-order valence-electron chi connectivity index (χ4n) is 1.24. The van der Waals surface area contributed by atoms with Crippen molar-refractivity contribution < 1.29 is 39.5 Å². The molecule has 0 heterocycles. The van der Waals surface area contributed by atoms with Crippen LogP contribution >= 0.6 is 0 Å². The third-order valence-corrected chi connectivity index (χ3v) is 4.84. The maximum absolute atomic E-state index is 11.5. The first-order chi connectivity index (χ1) is 10.6. The van der Waals surface area contributed by atoms with E-state index in [1.165, 1.54) is 6.92 Å². The van der Waals surface area contributed by atoms with Crippen LogP contribution in [0, 0.1) is 0 Å². The standard InChI is InChI=1S/C12H22O9S2/c1-3-6-19-12(14)10-21-23(17,18)8-5-4-7-22(15,16)20-9-11(2)13/h3-10H2,1-2H3. The summed E-state index contributed by atoms with van der Waals surface area (Å²) >= 11 is 0. The van der Waals surface area contributed by atoms with Gasteiger partial charge in [-0.2, -0.15) is 16.8 Å². The van der Waals surface area contributed by atoms with Crippen LogP contribution < -0.4 is 0 Å². The summed E-state index contributed by atoms with van der Waals surface area (Å²) in [5, 5.41) is 0. The van der Waals surface area contributed by atoms with Gasteiger partial charge >= 0.3 is 5.97 Å². The first-order valence-electron chi connectivity index (χ1n) is 6.97. The Morgan fingerprint density at radius 1 is 0.870 bits per heavy atom. The van der Waals surface area contributed by atoms with Crippen LogP contribution in [0.5, 0.6) is 0 Å². The van der Waals surface area contributed by atoms with Crippen molar-refractivity contribution in [1.82, 2.24) is 0 Å². The molecule has 0 fully saturated rings. The van der Waals surface area contributed by atoms with Crippen LogP contribution in [0.3, 0.4) is 0 Å². The molecule has 11 heteroatoms. The van der Waals surface area contributed by atoms with Gasteiger partial charge < -0.3 is 4.74 Å². The van der Waals surface area contributed by atoms with Gasteiger partial charge in [-0.05, 0) is 26.2 Å². The Morgan fingerprint density at radius 2 is 1.35 bits per heavy atom. The number of ether oxygens (including phenoxy) is 1. The van der Waals surface area contributed by atoms with Gasteiger partial charge in [0.25, 0.3) is 20.2 Å². The van der Waals surface area contributed by atoms with E-state index >= 15 is 0 Å². The first kappa shape index (κ1) is 22.0. The van der Waals surface area contributed by atoms with E-state index in [2.05, 4.69) is 13.1 Å². The molecule has 0 saturated heterocycles. The van der Waals surface area contributed by atoms with E-state index in [9.17, 15) is 26.4 Å². The monoisotopic (exact) mass is 374 g/mol. The Bertz CT molecular complexity index is 578. The molecule has 0 aromatic carbocycles. The highest BCUT2D eigenvalue weighted by Crippen LogP contribution is 2.04. The zero-order valence-electron chi connectivity index (χ0n) is 13.1. The van der Waals surface area contributed by atoms with Gasteiger partial charge in [0.05, 0.1) is 18.1 Å². The van der Waals surface area contributed by atoms with E-state index in [4.69, 9.17) is 0 Å². The molecule has 0 saturated carbocycles. The second-order valence-electron chi connectivity index (χ2n) is 4.68. The molecule has 9 nitrogen and oxygen atoms in total. The number of carbonyl (C=O) groups excluding carboxylic acids is 2. The van der Waals surface area contributed by atoms with Crippen molar-refractivity contribution >= 4 is 32.0 Å². The Balaban J connectivity index is 4.02. The molecule has 0 spiro atoms. The topological polar surface area (TPSA) is 130 Å². The summed E-state index contributed by atoms with van der Waals surface area (Å²) in [6.45, 7) is 1.91. The molecular formula is C12H22O9S2. The molecule has 0 amide bonds. The smallest absolute Gasteiger partial charge is 0.333 e. The SMILES string of the molecule is CCCOC(=O)COS(=O)(=O)CCCCS(=O)(=O)OCC(C)=O. The van der Waals surface area contributed by atoms with Crippen LogP contribution in [0.4, 0.5) is 0 Å². The zero-order valence-corrected chi connectivity index (χ0v) is 14.8. The van der Waals surface area contributed by atoms with E-state index < -0.39 is 56.7 Å². The second-order valence-corrected chi connectivity index (χ2v) is 8.20. The van der Waals surface area contributed by atoms with E-state index in [1.54, 1.807) is 6.92 Å². The average Bonchev–Trinajstić information content (AvgIpc) is 2.46. The van der Waals surface area contributed by atoms with Crippen molar-refractivity contribution in [2.45, 2.75) is 33.1 Å². The highest BCUT2D eigenvalue weighted by molar-refractivity contribution is 7.87. The summed E-state index contributed by atoms with van der Waals surface area (Å²) in [6.07, 6.45) is 0.636. The number of carbonyl (C=O) groups is 2. The van der Waals surface area contributed by atoms with Gasteiger partial charge in [0.1, 0.15) is 6.61 Å². The van der Waals surface area contributed by atoms with Crippen molar-refractivity contribution in [3.63, 3.8) is 0 Å². The minimum Gasteiger partial charge on any atom is -0.464 e. The van der Waals surface area contributed by atoms with Gasteiger partial charge in [-0.25, -0.2) is 4.79 Å². The summed E-state index contributed by atoms with van der Waals surface area (Å²) in [5.74, 6) is -2.06. The Hall–Kier alpha value is -1.04. The molecule has 0 atom stereocenters. The minimum atomic E-state index is -3.94. The van der Waals surface area contributed by atoms with Gasteiger partial charge in [-0.3, -0.25) is 13.2 Å². The molecule has 0 bridgehead atoms. The van der Waals surface area contributed by atoms with Crippen molar-refractivity contribution in [3.05, 3.63) is 0 Å². The maximum atomic E-state index is 11.5. The van der Waals surface area contributed by atoms with Gasteiger partial charge in [-0.1, -0.05) is 6.92 Å². The van der Waals surface area contributed by atoms with Gasteiger partial charge in [-0.15, -0.1) is 0 Å². The van der Waals surface area contributed by atoms with Crippen LogP contribution in [0.15, 0.2) is 0 Å². The fourth-order valence-corrected chi connectivity index (χ4v) is 3.22. The number of ketones is 1. The third kappa shape index (κ3) is 13.1. The largest absolute Gasteiger partial charge is 0.464 e. The molecule has 136 valence electrons. The summed E-state index contributed by atoms with van der Waals surface area (Å²) in [7, 11) is -7.80. The van der Waals surface area contributed by atoms with Crippen LogP contribution in [-0.4, -0.2) is 59.9 Å². The molecule has 0 aliphatic heterocycles. The van der Waals surface area contributed by atoms with Crippen LogP contribution in [0.2, 0.25) is 0 Å². The van der Waals surface area contributed by atoms with Crippen molar-refractivity contribution in [3.8, 4) is 0 Å². The summed E-state index contributed by atoms with van der Waals surface area (Å²) < 4.78 is 59.2. The van der Waals surface area contributed by atoms with E-state index in [-0.39, 0.29) is 19.4 Å². The molecule has 0 aliphatic rings. The second kappa shape index (κ2) is 10.7. The van der Waals surface area contributed by atoms with Crippen LogP contribution in [0.25, 0.3) is 0 Å². The minimum absolute atomic E-state index is 0.00893. The Morgan fingerprint density at radius 3 is 1.78 bits per heavy atom. The predicted octanol–water partition coefficient (Wildman–Crippen LogP) is 0.00160. The number of unbranched alkanes of at least 4 members (excludes halogenated alkanes) is 1. The number of hydrogen-bond donors (Lipinski definition) is 0. The van der Waals surface area contributed by atoms with E-state index in [0.717, 1.165) is 0 Å². The van der Waals surface area contributed by atoms with Gasteiger partial charge in [0, 0.05) is 0 Å². The molecule has 0 N–H and O–H groups in total. The highest BCUT2D eigenvalue weighted by atomic mass is 32.2. The lowest BCUT2D eigenvalue weighted by Crippen LogP contribution is -2.20. The molecule has 0 aromatic rings. The molecule has 0 aliphatic carbocycles. The van der Waals surface area contributed by atoms with Crippen LogP contribution in [-0.2, 0) is 42.9 Å². The summed E-state index contributed by atoms with van der Waals surface area (Å²) in [5.41, 5.74) is 0. The average molecular weight is 374 g/mol. The Labute approximate surface area is 136 Å². The Kier molecular flexibility index (Phi) is 10.2. The number of esters is 1. The molecule has 0 rings (SSSR count).